The van der Waals surface area contributed by atoms with Crippen LogP contribution in [-0.4, -0.2) is 25.2 Å². The zero-order valence-electron chi connectivity index (χ0n) is 14.5. The van der Waals surface area contributed by atoms with Crippen LogP contribution in [-0.2, 0) is 9.59 Å². The van der Waals surface area contributed by atoms with E-state index in [1.54, 1.807) is 17.0 Å². The first-order valence-corrected chi connectivity index (χ1v) is 8.70. The van der Waals surface area contributed by atoms with Crippen molar-refractivity contribution in [2.75, 3.05) is 18.2 Å². The topological polar surface area (TPSA) is 67.9 Å². The van der Waals surface area contributed by atoms with Gasteiger partial charge in [0.25, 0.3) is 0 Å². The summed E-state index contributed by atoms with van der Waals surface area (Å²) in [5.41, 5.74) is 1.74. The van der Waals surface area contributed by atoms with Crippen LogP contribution in [0.4, 0.5) is 5.69 Å². The van der Waals surface area contributed by atoms with Gasteiger partial charge in [0.05, 0.1) is 6.04 Å². The number of ether oxygens (including phenoxy) is 2. The fourth-order valence-electron chi connectivity index (χ4n) is 3.37. The summed E-state index contributed by atoms with van der Waals surface area (Å²) in [6.45, 7) is 2.62. The van der Waals surface area contributed by atoms with E-state index in [4.69, 9.17) is 9.47 Å². The van der Waals surface area contributed by atoms with Gasteiger partial charge in [0.1, 0.15) is 5.92 Å². The number of nitrogens with one attached hydrogen (secondary N) is 1. The number of anilines is 1. The average Bonchev–Trinajstić information content (AvgIpc) is 3.28. The van der Waals surface area contributed by atoms with Gasteiger partial charge in [0.15, 0.2) is 11.5 Å². The van der Waals surface area contributed by atoms with Crippen molar-refractivity contribution >= 4 is 17.5 Å². The van der Waals surface area contributed by atoms with Gasteiger partial charge in [-0.1, -0.05) is 30.3 Å². The molecule has 2 amide bonds. The molecule has 6 heteroatoms. The summed E-state index contributed by atoms with van der Waals surface area (Å²) in [5.74, 6) is 0.232. The Balaban J connectivity index is 1.44. The molecule has 0 aliphatic carbocycles. The Morgan fingerprint density at radius 1 is 1.15 bits per heavy atom. The lowest BCUT2D eigenvalue weighted by Gasteiger charge is -2.19. The Labute approximate surface area is 151 Å². The summed E-state index contributed by atoms with van der Waals surface area (Å²) >= 11 is 0. The number of amides is 2. The van der Waals surface area contributed by atoms with Gasteiger partial charge in [0.2, 0.25) is 18.6 Å². The number of carbonyl (C=O) groups is 2. The normalized spacial score (nSPS) is 19.5. The number of carbonyl (C=O) groups excluding carboxylic acids is 2. The van der Waals surface area contributed by atoms with E-state index in [0.29, 0.717) is 24.5 Å². The second kappa shape index (κ2) is 6.71. The molecule has 26 heavy (non-hydrogen) atoms. The standard InChI is InChI=1S/C20H20N2O4/c1-13(14-5-3-2-4-6-14)21-19(23)16-9-10-22(20(16)24)15-7-8-17-18(11-15)26-12-25-17/h2-8,11,13,16H,9-10,12H2,1H3,(H,21,23)/t13-,16-/m0/s1. The van der Waals surface area contributed by atoms with Crippen LogP contribution in [0.1, 0.15) is 24.9 Å². The third kappa shape index (κ3) is 2.98. The summed E-state index contributed by atoms with van der Waals surface area (Å²) in [6.07, 6.45) is 0.501. The van der Waals surface area contributed by atoms with Crippen LogP contribution in [0.2, 0.25) is 0 Å². The molecule has 2 atom stereocenters. The zero-order valence-corrected chi connectivity index (χ0v) is 14.5. The number of nitrogens with zero attached hydrogens (tertiary/aromatic N) is 1. The molecule has 2 heterocycles. The third-order valence-corrected chi connectivity index (χ3v) is 4.85. The molecule has 2 aromatic rings. The van der Waals surface area contributed by atoms with Gasteiger partial charge in [-0.05, 0) is 31.0 Å². The van der Waals surface area contributed by atoms with Crippen LogP contribution in [0, 0.1) is 5.92 Å². The smallest absolute Gasteiger partial charge is 0.239 e. The molecule has 1 fully saturated rings. The Morgan fingerprint density at radius 2 is 1.92 bits per heavy atom. The van der Waals surface area contributed by atoms with Gasteiger partial charge >= 0.3 is 0 Å². The Bertz CT molecular complexity index is 837. The molecular weight excluding hydrogens is 332 g/mol. The van der Waals surface area contributed by atoms with Crippen molar-refractivity contribution in [2.24, 2.45) is 5.92 Å². The van der Waals surface area contributed by atoms with Gasteiger partial charge in [-0.2, -0.15) is 0 Å². The molecule has 0 aromatic heterocycles. The van der Waals surface area contributed by atoms with Crippen LogP contribution in [0.25, 0.3) is 0 Å². The highest BCUT2D eigenvalue weighted by atomic mass is 16.7. The largest absolute Gasteiger partial charge is 0.454 e. The molecule has 0 radical (unpaired) electrons. The average molecular weight is 352 g/mol. The molecule has 2 aliphatic rings. The summed E-state index contributed by atoms with van der Waals surface area (Å²) in [6, 6.07) is 15.0. The van der Waals surface area contributed by atoms with E-state index in [0.717, 1.165) is 11.3 Å². The highest BCUT2D eigenvalue weighted by Gasteiger charge is 2.38. The minimum Gasteiger partial charge on any atom is -0.454 e. The molecule has 134 valence electrons. The monoisotopic (exact) mass is 352 g/mol. The molecule has 2 aromatic carbocycles. The summed E-state index contributed by atoms with van der Waals surface area (Å²) in [4.78, 5) is 27.0. The van der Waals surface area contributed by atoms with Gasteiger partial charge in [-0.25, -0.2) is 0 Å². The Morgan fingerprint density at radius 3 is 2.73 bits per heavy atom. The lowest BCUT2D eigenvalue weighted by atomic mass is 10.0. The van der Waals surface area contributed by atoms with Crippen molar-refractivity contribution in [1.29, 1.82) is 0 Å². The summed E-state index contributed by atoms with van der Waals surface area (Å²) < 4.78 is 10.7. The lowest BCUT2D eigenvalue weighted by molar-refractivity contribution is -0.132. The van der Waals surface area contributed by atoms with Crippen LogP contribution in [0.15, 0.2) is 48.5 Å². The number of benzene rings is 2. The third-order valence-electron chi connectivity index (χ3n) is 4.85. The maximum atomic E-state index is 12.8. The van der Waals surface area contributed by atoms with E-state index in [-0.39, 0.29) is 24.6 Å². The first-order chi connectivity index (χ1) is 12.6. The maximum Gasteiger partial charge on any atom is 0.239 e. The number of hydrogen-bond donors (Lipinski definition) is 1. The first-order valence-electron chi connectivity index (χ1n) is 8.70. The van der Waals surface area contributed by atoms with Crippen molar-refractivity contribution in [2.45, 2.75) is 19.4 Å². The van der Waals surface area contributed by atoms with Crippen molar-refractivity contribution in [3.63, 3.8) is 0 Å². The molecule has 0 bridgehead atoms. The minimum atomic E-state index is -0.661. The molecule has 0 spiro atoms. The number of fused-ring (bicyclic) bond motifs is 1. The summed E-state index contributed by atoms with van der Waals surface area (Å²) in [5, 5.41) is 2.95. The first kappa shape index (κ1) is 16.4. The maximum absolute atomic E-state index is 12.8. The predicted molar refractivity (Wildman–Crippen MR) is 96.0 cm³/mol. The lowest BCUT2D eigenvalue weighted by Crippen LogP contribution is -2.38. The fraction of sp³-hybridized carbons (Fsp3) is 0.300. The number of rotatable bonds is 4. The highest BCUT2D eigenvalue weighted by molar-refractivity contribution is 6.09. The van der Waals surface area contributed by atoms with Gasteiger partial charge in [-0.15, -0.1) is 0 Å². The minimum absolute atomic E-state index is 0.143. The molecule has 4 rings (SSSR count). The van der Waals surface area contributed by atoms with E-state index in [2.05, 4.69) is 5.32 Å². The van der Waals surface area contributed by atoms with Crippen LogP contribution in [0.3, 0.4) is 0 Å². The SMILES string of the molecule is C[C@H](NC(=O)[C@@H]1CCN(c2ccc3c(c2)OCO3)C1=O)c1ccccc1. The van der Waals surface area contributed by atoms with E-state index in [9.17, 15) is 9.59 Å². The van der Waals surface area contributed by atoms with Gasteiger partial charge in [0, 0.05) is 18.3 Å². The van der Waals surface area contributed by atoms with Crippen LogP contribution >= 0.6 is 0 Å². The van der Waals surface area contributed by atoms with Crippen LogP contribution < -0.4 is 19.7 Å². The molecule has 6 nitrogen and oxygen atoms in total. The predicted octanol–water partition coefficient (Wildman–Crippen LogP) is 2.65. The van der Waals surface area contributed by atoms with Crippen molar-refractivity contribution < 1.29 is 19.1 Å². The zero-order chi connectivity index (χ0) is 18.1. The second-order valence-corrected chi connectivity index (χ2v) is 6.51. The quantitative estimate of drug-likeness (QED) is 0.859. The second-order valence-electron chi connectivity index (χ2n) is 6.51. The highest BCUT2D eigenvalue weighted by Crippen LogP contribution is 2.37. The molecule has 2 aliphatic heterocycles. The Hall–Kier alpha value is -3.02. The Kier molecular flexibility index (Phi) is 4.24. The van der Waals surface area contributed by atoms with Crippen molar-refractivity contribution in [1.82, 2.24) is 5.32 Å². The van der Waals surface area contributed by atoms with Gasteiger partial charge < -0.3 is 19.7 Å². The molecule has 1 saturated heterocycles. The van der Waals surface area contributed by atoms with E-state index in [1.807, 2.05) is 43.3 Å². The fourth-order valence-corrected chi connectivity index (χ4v) is 3.37. The molecule has 0 saturated carbocycles. The van der Waals surface area contributed by atoms with E-state index in [1.165, 1.54) is 0 Å². The van der Waals surface area contributed by atoms with Crippen molar-refractivity contribution in [3.05, 3.63) is 54.1 Å². The van der Waals surface area contributed by atoms with E-state index < -0.39 is 5.92 Å². The summed E-state index contributed by atoms with van der Waals surface area (Å²) in [7, 11) is 0. The van der Waals surface area contributed by atoms with Crippen LogP contribution in [0.5, 0.6) is 11.5 Å². The molecule has 0 unspecified atom stereocenters. The molecule has 1 N–H and O–H groups in total. The van der Waals surface area contributed by atoms with Gasteiger partial charge in [-0.3, -0.25) is 9.59 Å². The molecular formula is C20H20N2O4. The van der Waals surface area contributed by atoms with E-state index >= 15 is 0 Å². The number of hydrogen-bond acceptors (Lipinski definition) is 4. The van der Waals surface area contributed by atoms with Crippen molar-refractivity contribution in [3.8, 4) is 11.5 Å².